The first kappa shape index (κ1) is 23.1. The molecule has 0 aliphatic rings. The van der Waals surface area contributed by atoms with E-state index in [2.05, 4.69) is 4.98 Å². The van der Waals surface area contributed by atoms with Gasteiger partial charge in [-0.25, -0.2) is 9.78 Å². The van der Waals surface area contributed by atoms with Crippen LogP contribution >= 0.6 is 0 Å². The molecule has 1 aromatic heterocycles. The molecule has 0 atom stereocenters. The first-order chi connectivity index (χ1) is 15.6. The van der Waals surface area contributed by atoms with E-state index in [9.17, 15) is 9.59 Å². The molecule has 0 spiro atoms. The van der Waals surface area contributed by atoms with Gasteiger partial charge in [0.15, 0.2) is 11.5 Å². The molecule has 3 aromatic rings. The van der Waals surface area contributed by atoms with E-state index in [1.165, 1.54) is 10.9 Å². The number of carbonyl (C=O) groups excluding carboxylic acids is 1. The van der Waals surface area contributed by atoms with Gasteiger partial charge in [-0.1, -0.05) is 12.1 Å². The summed E-state index contributed by atoms with van der Waals surface area (Å²) in [5.41, 5.74) is 0.854. The van der Waals surface area contributed by atoms with E-state index < -0.39 is 5.97 Å². The molecule has 0 radical (unpaired) electrons. The SMILES string of the molecule is CCOc1cc(C(=O)OCCCn2cnc3ccccc3c2=O)cc(OCC)c1OCC. The summed E-state index contributed by atoms with van der Waals surface area (Å²) in [6, 6.07) is 10.4. The van der Waals surface area contributed by atoms with Gasteiger partial charge in [-0.15, -0.1) is 0 Å². The van der Waals surface area contributed by atoms with Crippen molar-refractivity contribution in [1.82, 2.24) is 9.55 Å². The van der Waals surface area contributed by atoms with E-state index in [1.807, 2.05) is 26.8 Å². The molecule has 0 amide bonds. The van der Waals surface area contributed by atoms with Crippen molar-refractivity contribution < 1.29 is 23.7 Å². The molecule has 0 fully saturated rings. The number of rotatable bonds is 11. The van der Waals surface area contributed by atoms with Crippen molar-refractivity contribution in [2.75, 3.05) is 26.4 Å². The van der Waals surface area contributed by atoms with Crippen LogP contribution in [0.1, 0.15) is 37.6 Å². The number of esters is 1. The summed E-state index contributed by atoms with van der Waals surface area (Å²) in [4.78, 5) is 29.5. The van der Waals surface area contributed by atoms with Crippen molar-refractivity contribution in [3.8, 4) is 17.2 Å². The molecule has 3 rings (SSSR count). The molecule has 0 unspecified atom stereocenters. The van der Waals surface area contributed by atoms with Crippen LogP contribution in [0.25, 0.3) is 10.9 Å². The third-order valence-corrected chi connectivity index (χ3v) is 4.65. The maximum absolute atomic E-state index is 12.6. The third kappa shape index (κ3) is 5.38. The lowest BCUT2D eigenvalue weighted by atomic mass is 10.2. The average Bonchev–Trinajstić information content (AvgIpc) is 2.80. The van der Waals surface area contributed by atoms with Crippen LogP contribution in [-0.2, 0) is 11.3 Å². The quantitative estimate of drug-likeness (QED) is 0.331. The van der Waals surface area contributed by atoms with Gasteiger partial charge in [0.1, 0.15) is 0 Å². The zero-order chi connectivity index (χ0) is 22.9. The molecule has 0 aliphatic carbocycles. The van der Waals surface area contributed by atoms with Gasteiger partial charge in [0.05, 0.1) is 49.2 Å². The predicted octanol–water partition coefficient (Wildman–Crippen LogP) is 3.84. The Bertz CT molecular complexity index is 1100. The Labute approximate surface area is 186 Å². The summed E-state index contributed by atoms with van der Waals surface area (Å²) in [7, 11) is 0. The van der Waals surface area contributed by atoms with E-state index in [-0.39, 0.29) is 12.2 Å². The fraction of sp³-hybridized carbons (Fsp3) is 0.375. The van der Waals surface area contributed by atoms with Crippen LogP contribution in [0.5, 0.6) is 17.2 Å². The summed E-state index contributed by atoms with van der Waals surface area (Å²) < 4.78 is 23.9. The Morgan fingerprint density at radius 2 is 1.62 bits per heavy atom. The molecule has 0 saturated heterocycles. The third-order valence-electron chi connectivity index (χ3n) is 4.65. The molecule has 32 heavy (non-hydrogen) atoms. The molecule has 2 aromatic carbocycles. The first-order valence-corrected chi connectivity index (χ1v) is 10.8. The number of para-hydroxylation sites is 1. The molecule has 0 bridgehead atoms. The maximum atomic E-state index is 12.6. The van der Waals surface area contributed by atoms with Crippen molar-refractivity contribution in [1.29, 1.82) is 0 Å². The largest absolute Gasteiger partial charge is 0.490 e. The smallest absolute Gasteiger partial charge is 0.338 e. The number of hydrogen-bond donors (Lipinski definition) is 0. The van der Waals surface area contributed by atoms with Crippen molar-refractivity contribution in [3.05, 3.63) is 58.6 Å². The summed E-state index contributed by atoms with van der Waals surface area (Å²) >= 11 is 0. The van der Waals surface area contributed by atoms with Crippen molar-refractivity contribution in [2.45, 2.75) is 33.7 Å². The van der Waals surface area contributed by atoms with Crippen LogP contribution < -0.4 is 19.8 Å². The minimum Gasteiger partial charge on any atom is -0.490 e. The molecule has 1 heterocycles. The summed E-state index contributed by atoms with van der Waals surface area (Å²) in [6.45, 7) is 7.38. The van der Waals surface area contributed by atoms with Gasteiger partial charge in [0, 0.05) is 6.54 Å². The molecule has 170 valence electrons. The van der Waals surface area contributed by atoms with Crippen LogP contribution in [-0.4, -0.2) is 41.9 Å². The van der Waals surface area contributed by atoms with Crippen molar-refractivity contribution in [3.63, 3.8) is 0 Å². The highest BCUT2D eigenvalue weighted by Gasteiger charge is 2.19. The van der Waals surface area contributed by atoms with E-state index in [0.717, 1.165) is 0 Å². The lowest BCUT2D eigenvalue weighted by molar-refractivity contribution is 0.0494. The fourth-order valence-corrected chi connectivity index (χ4v) is 3.26. The minimum atomic E-state index is -0.501. The van der Waals surface area contributed by atoms with Gasteiger partial charge >= 0.3 is 5.97 Å². The Morgan fingerprint density at radius 1 is 0.969 bits per heavy atom. The molecule has 0 aliphatic heterocycles. The van der Waals surface area contributed by atoms with Crippen molar-refractivity contribution >= 4 is 16.9 Å². The molecule has 8 nitrogen and oxygen atoms in total. The van der Waals surface area contributed by atoms with Gasteiger partial charge in [0.25, 0.3) is 5.56 Å². The van der Waals surface area contributed by atoms with E-state index >= 15 is 0 Å². The van der Waals surface area contributed by atoms with E-state index in [4.69, 9.17) is 18.9 Å². The molecular weight excluding hydrogens is 412 g/mol. The molecule has 0 N–H and O–H groups in total. The standard InChI is InChI=1S/C24H28N2O6/c1-4-29-20-14-17(15-21(30-5-2)22(20)31-6-3)24(28)32-13-9-12-26-16-25-19-11-8-7-10-18(19)23(26)27/h7-8,10-11,14-16H,4-6,9,12-13H2,1-3H3. The molecule has 0 saturated carbocycles. The van der Waals surface area contributed by atoms with Crippen LogP contribution in [0.4, 0.5) is 0 Å². The second kappa shape index (κ2) is 11.2. The summed E-state index contributed by atoms with van der Waals surface area (Å²) in [5.74, 6) is 0.831. The number of benzene rings is 2. The lowest BCUT2D eigenvalue weighted by Crippen LogP contribution is -2.21. The Balaban J connectivity index is 1.67. The second-order valence-electron chi connectivity index (χ2n) is 6.85. The van der Waals surface area contributed by atoms with Gasteiger partial charge in [0.2, 0.25) is 5.75 Å². The monoisotopic (exact) mass is 440 g/mol. The number of carbonyl (C=O) groups is 1. The van der Waals surface area contributed by atoms with Gasteiger partial charge in [-0.05, 0) is 51.5 Å². The average molecular weight is 440 g/mol. The fourth-order valence-electron chi connectivity index (χ4n) is 3.26. The molecular formula is C24H28N2O6. The van der Waals surface area contributed by atoms with Crippen LogP contribution in [0.3, 0.4) is 0 Å². The number of aromatic nitrogens is 2. The highest BCUT2D eigenvalue weighted by Crippen LogP contribution is 2.39. The summed E-state index contributed by atoms with van der Waals surface area (Å²) in [5, 5.41) is 0.563. The number of ether oxygens (including phenoxy) is 4. The van der Waals surface area contributed by atoms with E-state index in [1.54, 1.807) is 30.3 Å². The zero-order valence-electron chi connectivity index (χ0n) is 18.6. The van der Waals surface area contributed by atoms with Gasteiger partial charge < -0.3 is 18.9 Å². The highest BCUT2D eigenvalue weighted by atomic mass is 16.5. The zero-order valence-corrected chi connectivity index (χ0v) is 18.6. The summed E-state index contributed by atoms with van der Waals surface area (Å²) in [6.07, 6.45) is 1.99. The van der Waals surface area contributed by atoms with E-state index in [0.29, 0.717) is 66.5 Å². The van der Waals surface area contributed by atoms with Crippen LogP contribution in [0, 0.1) is 0 Å². The number of nitrogens with zero attached hydrogens (tertiary/aromatic N) is 2. The van der Waals surface area contributed by atoms with Gasteiger partial charge in [-0.3, -0.25) is 9.36 Å². The first-order valence-electron chi connectivity index (χ1n) is 10.8. The Hall–Kier alpha value is -3.55. The van der Waals surface area contributed by atoms with Gasteiger partial charge in [-0.2, -0.15) is 0 Å². The predicted molar refractivity (Wildman–Crippen MR) is 121 cm³/mol. The number of aryl methyl sites for hydroxylation is 1. The topological polar surface area (TPSA) is 88.9 Å². The second-order valence-corrected chi connectivity index (χ2v) is 6.85. The highest BCUT2D eigenvalue weighted by molar-refractivity contribution is 5.91. The maximum Gasteiger partial charge on any atom is 0.338 e. The normalized spacial score (nSPS) is 10.7. The minimum absolute atomic E-state index is 0.115. The number of fused-ring (bicyclic) bond motifs is 1. The van der Waals surface area contributed by atoms with Crippen LogP contribution in [0.15, 0.2) is 47.5 Å². The number of hydrogen-bond acceptors (Lipinski definition) is 7. The molecule has 8 heteroatoms. The van der Waals surface area contributed by atoms with Crippen LogP contribution in [0.2, 0.25) is 0 Å². The Kier molecular flexibility index (Phi) is 8.08. The Morgan fingerprint density at radius 3 is 2.28 bits per heavy atom. The van der Waals surface area contributed by atoms with Crippen molar-refractivity contribution in [2.24, 2.45) is 0 Å². The lowest BCUT2D eigenvalue weighted by Gasteiger charge is -2.17.